The number of aromatic nitrogens is 2. The molecule has 1 atom stereocenters. The van der Waals surface area contributed by atoms with Crippen LogP contribution < -0.4 is 5.56 Å². The molecule has 1 aromatic carbocycles. The van der Waals surface area contributed by atoms with Crippen LogP contribution in [0.3, 0.4) is 0 Å². The summed E-state index contributed by atoms with van der Waals surface area (Å²) in [5, 5.41) is 0.642. The number of hydrogen-bond donors (Lipinski definition) is 1. The summed E-state index contributed by atoms with van der Waals surface area (Å²) < 4.78 is 0. The number of amides is 1. The smallest absolute Gasteiger partial charge is 0.254 e. The normalized spacial score (nSPS) is 16.9. The number of aromatic amines is 1. The van der Waals surface area contributed by atoms with Gasteiger partial charge in [0.1, 0.15) is 5.82 Å². The van der Waals surface area contributed by atoms with Crippen LogP contribution in [0.5, 0.6) is 0 Å². The molecule has 138 valence electrons. The van der Waals surface area contributed by atoms with E-state index in [1.807, 2.05) is 17.0 Å². The molecule has 1 aromatic heterocycles. The maximum atomic E-state index is 12.7. The van der Waals surface area contributed by atoms with Crippen molar-refractivity contribution in [2.75, 3.05) is 13.1 Å². The van der Waals surface area contributed by atoms with Crippen molar-refractivity contribution in [3.63, 3.8) is 0 Å². The van der Waals surface area contributed by atoms with Crippen LogP contribution in [0, 0.1) is 0 Å². The number of carbonyl (C=O) groups excluding carboxylic acids is 1. The van der Waals surface area contributed by atoms with E-state index in [-0.39, 0.29) is 17.4 Å². The van der Waals surface area contributed by atoms with Crippen molar-refractivity contribution < 1.29 is 4.79 Å². The number of rotatable bonds is 4. The Hall–Kier alpha value is -2.14. The standard InChI is InChI=1S/C20H24ClN3O2/c1-3-4-5-15-12-24(13(2)25)11-10-17-18(15)22-19(23-20(17)26)14-6-8-16(21)9-7-14/h6-9,15H,3-5,10-12H2,1-2H3,(H,22,23,26). The Morgan fingerprint density at radius 3 is 2.73 bits per heavy atom. The highest BCUT2D eigenvalue weighted by molar-refractivity contribution is 6.30. The molecule has 0 aliphatic carbocycles. The molecule has 2 heterocycles. The minimum Gasteiger partial charge on any atom is -0.342 e. The highest BCUT2D eigenvalue weighted by Crippen LogP contribution is 2.28. The van der Waals surface area contributed by atoms with Crippen LogP contribution in [0.15, 0.2) is 29.1 Å². The Kier molecular flexibility index (Phi) is 5.77. The van der Waals surface area contributed by atoms with Gasteiger partial charge in [0, 0.05) is 42.1 Å². The molecule has 1 unspecified atom stereocenters. The largest absolute Gasteiger partial charge is 0.342 e. The van der Waals surface area contributed by atoms with Crippen LogP contribution in [-0.2, 0) is 11.2 Å². The lowest BCUT2D eigenvalue weighted by molar-refractivity contribution is -0.129. The quantitative estimate of drug-likeness (QED) is 0.887. The first-order chi connectivity index (χ1) is 12.5. The zero-order chi connectivity index (χ0) is 18.7. The lowest BCUT2D eigenvalue weighted by atomic mass is 9.94. The Balaban J connectivity index is 2.06. The number of nitrogens with one attached hydrogen (secondary N) is 1. The first-order valence-electron chi connectivity index (χ1n) is 9.14. The van der Waals surface area contributed by atoms with Crippen molar-refractivity contribution in [1.82, 2.24) is 14.9 Å². The molecule has 0 radical (unpaired) electrons. The molecule has 1 aliphatic heterocycles. The first kappa shape index (κ1) is 18.6. The van der Waals surface area contributed by atoms with Gasteiger partial charge in [0.15, 0.2) is 0 Å². The van der Waals surface area contributed by atoms with Crippen molar-refractivity contribution in [2.24, 2.45) is 0 Å². The minimum absolute atomic E-state index is 0.0497. The second kappa shape index (κ2) is 8.04. The van der Waals surface area contributed by atoms with Crippen LogP contribution in [0.1, 0.15) is 50.3 Å². The van der Waals surface area contributed by atoms with Gasteiger partial charge >= 0.3 is 0 Å². The van der Waals surface area contributed by atoms with Gasteiger partial charge in [-0.25, -0.2) is 4.98 Å². The molecule has 1 aliphatic rings. The fourth-order valence-electron chi connectivity index (χ4n) is 3.49. The molecule has 0 bridgehead atoms. The number of nitrogens with zero attached hydrogens (tertiary/aromatic N) is 2. The number of unbranched alkanes of at least 4 members (excludes halogenated alkanes) is 1. The summed E-state index contributed by atoms with van der Waals surface area (Å²) in [4.78, 5) is 34.3. The average Bonchev–Trinajstić information content (AvgIpc) is 2.80. The van der Waals surface area contributed by atoms with E-state index in [0.717, 1.165) is 30.5 Å². The maximum absolute atomic E-state index is 12.7. The molecule has 2 aromatic rings. The number of benzene rings is 1. The van der Waals surface area contributed by atoms with E-state index in [9.17, 15) is 9.59 Å². The van der Waals surface area contributed by atoms with Gasteiger partial charge in [0.05, 0.1) is 5.69 Å². The molecule has 0 fully saturated rings. The lowest BCUT2D eigenvalue weighted by Gasteiger charge is -2.23. The fourth-order valence-corrected chi connectivity index (χ4v) is 3.62. The first-order valence-corrected chi connectivity index (χ1v) is 9.52. The predicted octanol–water partition coefficient (Wildman–Crippen LogP) is 3.77. The van der Waals surface area contributed by atoms with Crippen LogP contribution >= 0.6 is 11.6 Å². The van der Waals surface area contributed by atoms with Gasteiger partial charge in [0.25, 0.3) is 5.56 Å². The van der Waals surface area contributed by atoms with Crippen molar-refractivity contribution >= 4 is 17.5 Å². The fraction of sp³-hybridized carbons (Fsp3) is 0.450. The van der Waals surface area contributed by atoms with Gasteiger partial charge in [0.2, 0.25) is 5.91 Å². The number of hydrogen-bond acceptors (Lipinski definition) is 3. The molecule has 0 spiro atoms. The minimum atomic E-state index is -0.105. The highest BCUT2D eigenvalue weighted by Gasteiger charge is 2.27. The Morgan fingerprint density at radius 1 is 1.35 bits per heavy atom. The Bertz CT molecular complexity index is 845. The van der Waals surface area contributed by atoms with Crippen LogP contribution in [0.25, 0.3) is 11.4 Å². The maximum Gasteiger partial charge on any atom is 0.254 e. The number of halogens is 1. The van der Waals surface area contributed by atoms with E-state index in [2.05, 4.69) is 11.9 Å². The number of fused-ring (bicyclic) bond motifs is 1. The summed E-state index contributed by atoms with van der Waals surface area (Å²) >= 11 is 5.96. The van der Waals surface area contributed by atoms with Crippen molar-refractivity contribution in [3.05, 3.63) is 50.9 Å². The Morgan fingerprint density at radius 2 is 2.08 bits per heavy atom. The van der Waals surface area contributed by atoms with E-state index in [4.69, 9.17) is 16.6 Å². The highest BCUT2D eigenvalue weighted by atomic mass is 35.5. The van der Waals surface area contributed by atoms with E-state index >= 15 is 0 Å². The third-order valence-electron chi connectivity index (χ3n) is 4.98. The van der Waals surface area contributed by atoms with Gasteiger partial charge in [-0.2, -0.15) is 0 Å². The van der Waals surface area contributed by atoms with E-state index in [1.165, 1.54) is 0 Å². The van der Waals surface area contributed by atoms with Crippen LogP contribution in [-0.4, -0.2) is 33.9 Å². The zero-order valence-corrected chi connectivity index (χ0v) is 16.0. The van der Waals surface area contributed by atoms with Gasteiger partial charge in [-0.3, -0.25) is 9.59 Å². The number of carbonyl (C=O) groups is 1. The molecule has 0 saturated heterocycles. The van der Waals surface area contributed by atoms with Gasteiger partial charge in [-0.1, -0.05) is 31.4 Å². The van der Waals surface area contributed by atoms with Crippen molar-refractivity contribution in [2.45, 2.75) is 45.4 Å². The van der Waals surface area contributed by atoms with Gasteiger partial charge < -0.3 is 9.88 Å². The summed E-state index contributed by atoms with van der Waals surface area (Å²) in [6.45, 7) is 4.92. The molecule has 0 saturated carbocycles. The molecule has 1 N–H and O–H groups in total. The molecular weight excluding hydrogens is 350 g/mol. The summed E-state index contributed by atoms with van der Waals surface area (Å²) in [5.74, 6) is 0.696. The SMILES string of the molecule is CCCCC1CN(C(C)=O)CCc2c1nc(-c1ccc(Cl)cc1)[nH]c2=O. The van der Waals surface area contributed by atoms with E-state index in [1.54, 1.807) is 19.1 Å². The second-order valence-corrected chi connectivity index (χ2v) is 7.28. The van der Waals surface area contributed by atoms with Crippen LogP contribution in [0.4, 0.5) is 0 Å². The predicted molar refractivity (Wildman–Crippen MR) is 104 cm³/mol. The monoisotopic (exact) mass is 373 g/mol. The molecule has 3 rings (SSSR count). The van der Waals surface area contributed by atoms with Crippen molar-refractivity contribution in [3.8, 4) is 11.4 Å². The molecule has 6 heteroatoms. The Labute approximate surface area is 158 Å². The van der Waals surface area contributed by atoms with Gasteiger partial charge in [-0.05, 0) is 37.1 Å². The topological polar surface area (TPSA) is 66.1 Å². The molecular formula is C20H24ClN3O2. The summed E-state index contributed by atoms with van der Waals surface area (Å²) in [6, 6.07) is 7.28. The number of H-pyrrole nitrogens is 1. The van der Waals surface area contributed by atoms with E-state index < -0.39 is 0 Å². The van der Waals surface area contributed by atoms with E-state index in [0.29, 0.717) is 35.9 Å². The lowest BCUT2D eigenvalue weighted by Crippen LogP contribution is -2.32. The summed E-state index contributed by atoms with van der Waals surface area (Å²) in [7, 11) is 0. The second-order valence-electron chi connectivity index (χ2n) is 6.84. The third kappa shape index (κ3) is 3.98. The van der Waals surface area contributed by atoms with Crippen molar-refractivity contribution in [1.29, 1.82) is 0 Å². The molecule has 5 nitrogen and oxygen atoms in total. The van der Waals surface area contributed by atoms with Crippen LogP contribution in [0.2, 0.25) is 5.02 Å². The molecule has 26 heavy (non-hydrogen) atoms. The summed E-state index contributed by atoms with van der Waals surface area (Å²) in [5.41, 5.74) is 2.28. The molecule has 1 amide bonds. The third-order valence-corrected chi connectivity index (χ3v) is 5.23. The average molecular weight is 374 g/mol. The van der Waals surface area contributed by atoms with Gasteiger partial charge in [-0.15, -0.1) is 0 Å². The summed E-state index contributed by atoms with van der Waals surface area (Å²) in [6.07, 6.45) is 3.57. The zero-order valence-electron chi connectivity index (χ0n) is 15.2.